The predicted molar refractivity (Wildman–Crippen MR) is 93.6 cm³/mol. The summed E-state index contributed by atoms with van der Waals surface area (Å²) in [6, 6.07) is 5.00. The van der Waals surface area contributed by atoms with Crippen molar-refractivity contribution in [2.45, 2.75) is 38.6 Å². The first kappa shape index (κ1) is 20.5. The van der Waals surface area contributed by atoms with E-state index in [0.717, 1.165) is 11.8 Å². The van der Waals surface area contributed by atoms with Gasteiger partial charge in [0.1, 0.15) is 23.2 Å². The molecule has 8 nitrogen and oxygen atoms in total. The SMILES string of the molecule is C/C=C1/[C@H](O)OC=C(C(=O)O)[C@@]1(O)CC(=O)OCCc1ccc(O)c(C)c1. The number of hydrogen-bond acceptors (Lipinski definition) is 7. The number of aromatic hydroxyl groups is 1. The van der Waals surface area contributed by atoms with Gasteiger partial charge in [-0.3, -0.25) is 4.79 Å². The van der Waals surface area contributed by atoms with Gasteiger partial charge in [0.2, 0.25) is 6.29 Å². The van der Waals surface area contributed by atoms with E-state index in [1.807, 2.05) is 0 Å². The lowest BCUT2D eigenvalue weighted by molar-refractivity contribution is -0.150. The molecule has 4 N–H and O–H groups in total. The number of rotatable bonds is 6. The Bertz CT molecular complexity index is 795. The molecule has 1 heterocycles. The molecule has 2 rings (SSSR count). The lowest BCUT2D eigenvalue weighted by Crippen LogP contribution is -2.46. The van der Waals surface area contributed by atoms with Crippen LogP contribution < -0.4 is 0 Å². The Kier molecular flexibility index (Phi) is 6.24. The van der Waals surface area contributed by atoms with Gasteiger partial charge >= 0.3 is 11.9 Å². The Balaban J connectivity index is 2.05. The molecule has 0 radical (unpaired) electrons. The second kappa shape index (κ2) is 8.24. The van der Waals surface area contributed by atoms with Gasteiger partial charge in [-0.25, -0.2) is 4.79 Å². The number of carboxylic acids is 1. The van der Waals surface area contributed by atoms with Crippen molar-refractivity contribution in [3.8, 4) is 5.75 Å². The van der Waals surface area contributed by atoms with Crippen molar-refractivity contribution >= 4 is 11.9 Å². The fourth-order valence-corrected chi connectivity index (χ4v) is 2.88. The van der Waals surface area contributed by atoms with Gasteiger partial charge in [0, 0.05) is 12.0 Å². The van der Waals surface area contributed by atoms with Crippen molar-refractivity contribution in [3.63, 3.8) is 0 Å². The first-order valence-electron chi connectivity index (χ1n) is 8.29. The summed E-state index contributed by atoms with van der Waals surface area (Å²) in [5, 5.41) is 39.4. The number of carbonyl (C=O) groups excluding carboxylic acids is 1. The maximum absolute atomic E-state index is 12.2. The van der Waals surface area contributed by atoms with Gasteiger partial charge in [-0.2, -0.15) is 0 Å². The lowest BCUT2D eigenvalue weighted by Gasteiger charge is -2.35. The smallest absolute Gasteiger partial charge is 0.338 e. The van der Waals surface area contributed by atoms with Crippen LogP contribution in [0.5, 0.6) is 5.75 Å². The van der Waals surface area contributed by atoms with E-state index in [1.54, 1.807) is 25.1 Å². The normalized spacial score (nSPS) is 23.5. The number of aliphatic hydroxyl groups is 2. The van der Waals surface area contributed by atoms with Gasteiger partial charge in [-0.15, -0.1) is 0 Å². The molecule has 8 heteroatoms. The molecule has 1 aliphatic rings. The van der Waals surface area contributed by atoms with E-state index >= 15 is 0 Å². The average Bonchev–Trinajstić information content (AvgIpc) is 2.57. The minimum absolute atomic E-state index is 0.00940. The largest absolute Gasteiger partial charge is 0.508 e. The summed E-state index contributed by atoms with van der Waals surface area (Å²) < 4.78 is 9.91. The van der Waals surface area contributed by atoms with Crippen LogP contribution >= 0.6 is 0 Å². The molecule has 0 aliphatic carbocycles. The summed E-state index contributed by atoms with van der Waals surface area (Å²) in [7, 11) is 0. The highest BCUT2D eigenvalue weighted by Crippen LogP contribution is 2.36. The van der Waals surface area contributed by atoms with Crippen LogP contribution in [0.3, 0.4) is 0 Å². The first-order valence-corrected chi connectivity index (χ1v) is 8.29. The number of carboxylic acid groups (broad SMARTS) is 1. The van der Waals surface area contributed by atoms with Gasteiger partial charge in [-0.05, 0) is 31.0 Å². The van der Waals surface area contributed by atoms with Crippen LogP contribution in [0.25, 0.3) is 0 Å². The van der Waals surface area contributed by atoms with E-state index in [2.05, 4.69) is 0 Å². The molecule has 27 heavy (non-hydrogen) atoms. The fourth-order valence-electron chi connectivity index (χ4n) is 2.88. The molecular formula is C19H22O8. The highest BCUT2D eigenvalue weighted by Gasteiger charge is 2.48. The Morgan fingerprint density at radius 3 is 2.67 bits per heavy atom. The maximum atomic E-state index is 12.2. The molecule has 0 bridgehead atoms. The molecule has 0 unspecified atom stereocenters. The minimum atomic E-state index is -2.23. The molecule has 0 fully saturated rings. The quantitative estimate of drug-likeness (QED) is 0.428. The van der Waals surface area contributed by atoms with Gasteiger partial charge in [0.05, 0.1) is 13.0 Å². The van der Waals surface area contributed by atoms with Crippen LogP contribution in [0.2, 0.25) is 0 Å². The van der Waals surface area contributed by atoms with Gasteiger partial charge in [0.15, 0.2) is 0 Å². The Morgan fingerprint density at radius 2 is 2.07 bits per heavy atom. The second-order valence-corrected chi connectivity index (χ2v) is 6.20. The second-order valence-electron chi connectivity index (χ2n) is 6.20. The first-order chi connectivity index (χ1) is 12.7. The van der Waals surface area contributed by atoms with Crippen molar-refractivity contribution < 1.29 is 39.5 Å². The van der Waals surface area contributed by atoms with Crippen LogP contribution in [0.15, 0.2) is 41.7 Å². The molecule has 2 atom stereocenters. The summed E-state index contributed by atoms with van der Waals surface area (Å²) in [6.07, 6.45) is 0.171. The molecular weight excluding hydrogens is 356 g/mol. The molecule has 1 aromatic rings. The zero-order valence-corrected chi connectivity index (χ0v) is 15.0. The van der Waals surface area contributed by atoms with Crippen LogP contribution in [0.4, 0.5) is 0 Å². The third kappa shape index (κ3) is 4.47. The van der Waals surface area contributed by atoms with E-state index in [9.17, 15) is 30.0 Å². The van der Waals surface area contributed by atoms with Crippen molar-refractivity contribution in [2.24, 2.45) is 0 Å². The molecule has 0 aromatic heterocycles. The van der Waals surface area contributed by atoms with Gasteiger partial charge < -0.3 is 29.9 Å². The fraction of sp³-hybridized carbons (Fsp3) is 0.368. The van der Waals surface area contributed by atoms with Crippen LogP contribution in [0, 0.1) is 6.92 Å². The summed E-state index contributed by atoms with van der Waals surface area (Å²) >= 11 is 0. The maximum Gasteiger partial charge on any atom is 0.338 e. The third-order valence-corrected chi connectivity index (χ3v) is 4.36. The minimum Gasteiger partial charge on any atom is -0.508 e. The average molecular weight is 378 g/mol. The molecule has 1 aliphatic heterocycles. The Labute approximate surface area is 156 Å². The zero-order valence-electron chi connectivity index (χ0n) is 15.0. The monoisotopic (exact) mass is 378 g/mol. The number of phenols is 1. The van der Waals surface area contributed by atoms with Crippen molar-refractivity contribution in [2.75, 3.05) is 6.61 Å². The number of phenolic OH excluding ortho intramolecular Hbond substituents is 1. The molecule has 0 amide bonds. The summed E-state index contributed by atoms with van der Waals surface area (Å²) in [5.41, 5.74) is -1.40. The highest BCUT2D eigenvalue weighted by molar-refractivity contribution is 5.91. The number of aryl methyl sites for hydroxylation is 1. The zero-order chi connectivity index (χ0) is 20.2. The lowest BCUT2D eigenvalue weighted by atomic mass is 9.81. The number of esters is 1. The summed E-state index contributed by atoms with van der Waals surface area (Å²) in [6.45, 7) is 3.24. The van der Waals surface area contributed by atoms with Crippen molar-refractivity contribution in [1.82, 2.24) is 0 Å². The van der Waals surface area contributed by atoms with Crippen molar-refractivity contribution in [1.29, 1.82) is 0 Å². The number of aliphatic carboxylic acids is 1. The van der Waals surface area contributed by atoms with E-state index in [1.165, 1.54) is 13.0 Å². The molecule has 146 valence electrons. The van der Waals surface area contributed by atoms with Crippen LogP contribution in [-0.2, 0) is 25.5 Å². The van der Waals surface area contributed by atoms with Crippen LogP contribution in [0.1, 0.15) is 24.5 Å². The van der Waals surface area contributed by atoms with Gasteiger partial charge in [0.25, 0.3) is 0 Å². The number of hydrogen-bond donors (Lipinski definition) is 4. The standard InChI is InChI=1S/C19H22O8/c1-3-13-18(24)27-10-14(17(22)23)19(13,25)9-16(21)26-7-6-12-4-5-15(20)11(2)8-12/h3-5,8,10,18,20,24-25H,6-7,9H2,1-2H3,(H,22,23)/b13-3-/t18-,19-/m1/s1. The van der Waals surface area contributed by atoms with E-state index in [-0.39, 0.29) is 17.9 Å². The molecule has 0 saturated heterocycles. The number of ether oxygens (including phenoxy) is 2. The number of allylic oxidation sites excluding steroid dienone is 1. The number of carbonyl (C=O) groups is 2. The number of aliphatic hydroxyl groups excluding tert-OH is 1. The predicted octanol–water partition coefficient (Wildman–Crippen LogP) is 1.17. The molecule has 1 aromatic carbocycles. The van der Waals surface area contributed by atoms with E-state index < -0.39 is 35.8 Å². The van der Waals surface area contributed by atoms with Gasteiger partial charge in [-0.1, -0.05) is 18.2 Å². The van der Waals surface area contributed by atoms with Crippen LogP contribution in [-0.4, -0.2) is 50.9 Å². The Hall–Kier alpha value is -2.84. The Morgan fingerprint density at radius 1 is 1.37 bits per heavy atom. The molecule has 0 spiro atoms. The summed E-state index contributed by atoms with van der Waals surface area (Å²) in [4.78, 5) is 23.6. The third-order valence-electron chi connectivity index (χ3n) is 4.36. The molecule has 0 saturated carbocycles. The highest BCUT2D eigenvalue weighted by atomic mass is 16.6. The number of benzene rings is 1. The summed E-state index contributed by atoms with van der Waals surface area (Å²) in [5.74, 6) is -2.13. The van der Waals surface area contributed by atoms with E-state index in [4.69, 9.17) is 9.47 Å². The van der Waals surface area contributed by atoms with E-state index in [0.29, 0.717) is 12.0 Å². The van der Waals surface area contributed by atoms with Crippen molar-refractivity contribution in [3.05, 3.63) is 52.8 Å². The topological polar surface area (TPSA) is 134 Å².